The highest BCUT2D eigenvalue weighted by Crippen LogP contribution is 2.31. The van der Waals surface area contributed by atoms with E-state index in [0.29, 0.717) is 23.0 Å². The smallest absolute Gasteiger partial charge is 0.269 e. The molecule has 0 bridgehead atoms. The molecule has 0 fully saturated rings. The highest BCUT2D eigenvalue weighted by molar-refractivity contribution is 5.95. The van der Waals surface area contributed by atoms with Gasteiger partial charge in [0, 0.05) is 11.3 Å². The molecule has 134 valence electrons. The van der Waals surface area contributed by atoms with E-state index in [4.69, 9.17) is 15.2 Å². The second kappa shape index (κ2) is 7.37. The molecule has 1 aliphatic rings. The third kappa shape index (κ3) is 3.43. The van der Waals surface area contributed by atoms with E-state index in [0.717, 1.165) is 11.1 Å². The van der Waals surface area contributed by atoms with Gasteiger partial charge in [0.05, 0.1) is 6.20 Å². The van der Waals surface area contributed by atoms with Crippen molar-refractivity contribution >= 4 is 29.8 Å². The Bertz CT molecular complexity index is 911. The van der Waals surface area contributed by atoms with Crippen molar-refractivity contribution in [2.75, 3.05) is 17.7 Å². The fraction of sp³-hybridized carbons (Fsp3) is 0.111. The largest absolute Gasteiger partial charge is 0.485 e. The van der Waals surface area contributed by atoms with E-state index in [9.17, 15) is 4.79 Å². The van der Waals surface area contributed by atoms with Crippen LogP contribution in [0.3, 0.4) is 0 Å². The first-order valence-corrected chi connectivity index (χ1v) is 7.79. The molecule has 8 heteroatoms. The van der Waals surface area contributed by atoms with Gasteiger partial charge in [-0.25, -0.2) is 0 Å². The first-order valence-electron chi connectivity index (χ1n) is 7.79. The highest BCUT2D eigenvalue weighted by atomic mass is 35.5. The van der Waals surface area contributed by atoms with E-state index < -0.39 is 6.10 Å². The summed E-state index contributed by atoms with van der Waals surface area (Å²) in [5, 5.41) is 9.42. The Balaban J connectivity index is 0.00000196. The van der Waals surface area contributed by atoms with Crippen molar-refractivity contribution in [2.24, 2.45) is 0 Å². The zero-order valence-corrected chi connectivity index (χ0v) is 14.5. The van der Waals surface area contributed by atoms with Gasteiger partial charge in [0.15, 0.2) is 11.5 Å². The number of rotatable bonds is 3. The molecular weight excluding hydrogens is 356 g/mol. The van der Waals surface area contributed by atoms with E-state index in [1.807, 2.05) is 30.3 Å². The molecule has 0 aliphatic carbocycles. The van der Waals surface area contributed by atoms with Gasteiger partial charge >= 0.3 is 0 Å². The number of halogens is 1. The number of nitrogens with one attached hydrogen (secondary N) is 2. The Hall–Kier alpha value is -3.19. The summed E-state index contributed by atoms with van der Waals surface area (Å²) in [6.07, 6.45) is 0.965. The molecule has 1 amide bonds. The fourth-order valence-electron chi connectivity index (χ4n) is 2.63. The van der Waals surface area contributed by atoms with E-state index in [-0.39, 0.29) is 24.9 Å². The molecule has 4 N–H and O–H groups in total. The summed E-state index contributed by atoms with van der Waals surface area (Å²) in [5.41, 5.74) is 8.21. The van der Waals surface area contributed by atoms with Gasteiger partial charge in [-0.2, -0.15) is 5.10 Å². The number of nitrogens with zero attached hydrogens (tertiary/aromatic N) is 1. The third-order valence-corrected chi connectivity index (χ3v) is 3.93. The number of anilines is 2. The zero-order chi connectivity index (χ0) is 17.2. The summed E-state index contributed by atoms with van der Waals surface area (Å²) < 4.78 is 11.3. The molecule has 2 heterocycles. The second-order valence-corrected chi connectivity index (χ2v) is 5.63. The lowest BCUT2D eigenvalue weighted by Crippen LogP contribution is -2.40. The number of hydrogen-bond donors (Lipinski definition) is 3. The molecule has 7 nitrogen and oxygen atoms in total. The molecule has 0 radical (unpaired) electrons. The Labute approximate surface area is 155 Å². The fourth-order valence-corrected chi connectivity index (χ4v) is 2.63. The van der Waals surface area contributed by atoms with Crippen LogP contribution in [0.25, 0.3) is 11.1 Å². The molecule has 1 aliphatic heterocycles. The maximum absolute atomic E-state index is 12.4. The number of aromatic nitrogens is 2. The van der Waals surface area contributed by atoms with E-state index in [1.54, 1.807) is 24.4 Å². The molecule has 0 saturated carbocycles. The molecule has 26 heavy (non-hydrogen) atoms. The van der Waals surface area contributed by atoms with Gasteiger partial charge in [-0.15, -0.1) is 12.4 Å². The van der Waals surface area contributed by atoms with E-state index in [1.165, 1.54) is 0 Å². The number of nitrogens with two attached hydrogens (primary N) is 1. The normalized spacial score (nSPS) is 15.0. The number of fused-ring (bicyclic) bond motifs is 1. The van der Waals surface area contributed by atoms with Crippen LogP contribution in [-0.2, 0) is 4.79 Å². The lowest BCUT2D eigenvalue weighted by Gasteiger charge is -2.25. The van der Waals surface area contributed by atoms with E-state index >= 15 is 0 Å². The number of nitrogen functional groups attached to an aromatic ring is 1. The number of H-pyrrole nitrogens is 1. The number of benzene rings is 2. The van der Waals surface area contributed by atoms with E-state index in [2.05, 4.69) is 15.5 Å². The minimum absolute atomic E-state index is 0. The van der Waals surface area contributed by atoms with Crippen LogP contribution in [0, 0.1) is 0 Å². The maximum atomic E-state index is 12.4. The van der Waals surface area contributed by atoms with Crippen LogP contribution in [0.4, 0.5) is 11.5 Å². The summed E-state index contributed by atoms with van der Waals surface area (Å²) in [6.45, 7) is 0.173. The second-order valence-electron chi connectivity index (χ2n) is 5.63. The quantitative estimate of drug-likeness (QED) is 0.656. The average Bonchev–Trinajstić information content (AvgIpc) is 3.08. The molecule has 1 unspecified atom stereocenters. The molecule has 2 aromatic carbocycles. The molecule has 4 rings (SSSR count). The lowest BCUT2D eigenvalue weighted by molar-refractivity contribution is -0.125. The van der Waals surface area contributed by atoms with Gasteiger partial charge in [-0.05, 0) is 29.8 Å². The van der Waals surface area contributed by atoms with Gasteiger partial charge in [0.25, 0.3) is 5.91 Å². The Kier molecular flexibility index (Phi) is 4.99. The zero-order valence-electron chi connectivity index (χ0n) is 13.6. The summed E-state index contributed by atoms with van der Waals surface area (Å²) >= 11 is 0. The number of carbonyl (C=O) groups is 1. The van der Waals surface area contributed by atoms with Crippen molar-refractivity contribution in [1.29, 1.82) is 0 Å². The SMILES string of the molecule is Cl.Nc1[nH]ncc1-c1ccc(NC(=O)C2COc3ccccc3O2)cc1. The Morgan fingerprint density at radius 1 is 1.15 bits per heavy atom. The summed E-state index contributed by atoms with van der Waals surface area (Å²) in [4.78, 5) is 12.4. The number of amides is 1. The van der Waals surface area contributed by atoms with Gasteiger partial charge in [-0.1, -0.05) is 24.3 Å². The van der Waals surface area contributed by atoms with Gasteiger partial charge < -0.3 is 20.5 Å². The molecule has 0 spiro atoms. The van der Waals surface area contributed by atoms with Crippen molar-refractivity contribution in [2.45, 2.75) is 6.10 Å². The van der Waals surface area contributed by atoms with Crippen molar-refractivity contribution < 1.29 is 14.3 Å². The Morgan fingerprint density at radius 3 is 2.58 bits per heavy atom. The Morgan fingerprint density at radius 2 is 1.88 bits per heavy atom. The van der Waals surface area contributed by atoms with Crippen LogP contribution >= 0.6 is 12.4 Å². The van der Waals surface area contributed by atoms with Crippen LogP contribution in [0.1, 0.15) is 0 Å². The van der Waals surface area contributed by atoms with Crippen LogP contribution in [0.5, 0.6) is 11.5 Å². The van der Waals surface area contributed by atoms with Crippen LogP contribution in [-0.4, -0.2) is 28.8 Å². The summed E-state index contributed by atoms with van der Waals surface area (Å²) in [6, 6.07) is 14.6. The molecule has 1 atom stereocenters. The lowest BCUT2D eigenvalue weighted by atomic mass is 10.1. The van der Waals surface area contributed by atoms with Crippen molar-refractivity contribution in [3.05, 3.63) is 54.7 Å². The van der Waals surface area contributed by atoms with Crippen molar-refractivity contribution in [3.63, 3.8) is 0 Å². The van der Waals surface area contributed by atoms with Crippen molar-refractivity contribution in [1.82, 2.24) is 10.2 Å². The first kappa shape index (κ1) is 17.6. The number of para-hydroxylation sites is 2. The van der Waals surface area contributed by atoms with Crippen LogP contribution in [0.2, 0.25) is 0 Å². The number of ether oxygens (including phenoxy) is 2. The molecular formula is C18H17ClN4O3. The van der Waals surface area contributed by atoms with Gasteiger partial charge in [-0.3, -0.25) is 9.89 Å². The molecule has 3 aromatic rings. The average molecular weight is 373 g/mol. The maximum Gasteiger partial charge on any atom is 0.269 e. The molecule has 0 saturated heterocycles. The van der Waals surface area contributed by atoms with Crippen molar-refractivity contribution in [3.8, 4) is 22.6 Å². The van der Waals surface area contributed by atoms with Gasteiger partial charge in [0.2, 0.25) is 6.10 Å². The molecule has 1 aromatic heterocycles. The number of carbonyl (C=O) groups excluding carboxylic acids is 1. The predicted octanol–water partition coefficient (Wildman–Crippen LogP) is 2.86. The number of aromatic amines is 1. The topological polar surface area (TPSA) is 102 Å². The standard InChI is InChI=1S/C18H16N4O3.ClH/c19-17-13(9-20-22-17)11-5-7-12(8-6-11)21-18(23)16-10-24-14-3-1-2-4-15(14)25-16;/h1-9,16H,10H2,(H,21,23)(H3,19,20,22);1H. The highest BCUT2D eigenvalue weighted by Gasteiger charge is 2.27. The number of hydrogen-bond acceptors (Lipinski definition) is 5. The first-order chi connectivity index (χ1) is 12.2. The van der Waals surface area contributed by atoms with Crippen LogP contribution in [0.15, 0.2) is 54.7 Å². The third-order valence-electron chi connectivity index (χ3n) is 3.93. The minimum atomic E-state index is -0.695. The summed E-state index contributed by atoms with van der Waals surface area (Å²) in [5.74, 6) is 1.46. The minimum Gasteiger partial charge on any atom is -0.485 e. The monoisotopic (exact) mass is 372 g/mol. The van der Waals surface area contributed by atoms with Crippen LogP contribution < -0.4 is 20.5 Å². The summed E-state index contributed by atoms with van der Waals surface area (Å²) in [7, 11) is 0. The van der Waals surface area contributed by atoms with Gasteiger partial charge in [0.1, 0.15) is 12.4 Å². The predicted molar refractivity (Wildman–Crippen MR) is 101 cm³/mol.